The molecule has 0 saturated heterocycles. The number of esters is 1. The van der Waals surface area contributed by atoms with Crippen LogP contribution in [0.25, 0.3) is 0 Å². The minimum Gasteiger partial charge on any atom is -0.465 e. The molecule has 0 amide bonds. The van der Waals surface area contributed by atoms with Crippen LogP contribution < -0.4 is 0 Å². The van der Waals surface area contributed by atoms with Crippen LogP contribution in [0, 0.1) is 4.91 Å². The minimum absolute atomic E-state index is 0.00728. The second kappa shape index (κ2) is 5.79. The molecule has 76 valence electrons. The van der Waals surface area contributed by atoms with Crippen molar-refractivity contribution in [2.75, 3.05) is 13.2 Å². The highest BCUT2D eigenvalue weighted by molar-refractivity contribution is 5.69. The molecule has 1 rings (SSSR count). The summed E-state index contributed by atoms with van der Waals surface area (Å²) in [6.07, 6.45) is 1.65. The smallest absolute Gasteiger partial charge is 0.307 e. The fourth-order valence-electron chi connectivity index (χ4n) is 0.767. The van der Waals surface area contributed by atoms with E-state index in [1.54, 1.807) is 0 Å². The van der Waals surface area contributed by atoms with Gasteiger partial charge in [-0.3, -0.25) is 4.79 Å². The van der Waals surface area contributed by atoms with Crippen LogP contribution in [-0.4, -0.2) is 29.3 Å². The number of ether oxygens (including phenoxy) is 1. The number of carbonyl (C=O) groups excluding carboxylic acids is 1. The lowest BCUT2D eigenvalue weighted by Crippen LogP contribution is -2.08. The van der Waals surface area contributed by atoms with Gasteiger partial charge in [0.25, 0.3) is 0 Å². The number of rotatable bonds is 6. The summed E-state index contributed by atoms with van der Waals surface area (Å²) in [6, 6.07) is 0. The quantitative estimate of drug-likeness (QED) is 0.483. The molecule has 0 fully saturated rings. The fourth-order valence-corrected chi connectivity index (χ4v) is 0.767. The lowest BCUT2D eigenvalue weighted by molar-refractivity contribution is -0.143. The van der Waals surface area contributed by atoms with Crippen molar-refractivity contribution in [2.24, 2.45) is 5.18 Å². The number of nitrogens with zero attached hydrogens (tertiary/aromatic N) is 3. The van der Waals surface area contributed by atoms with E-state index in [9.17, 15) is 9.70 Å². The van der Waals surface area contributed by atoms with Crippen molar-refractivity contribution in [3.05, 3.63) is 17.1 Å². The van der Waals surface area contributed by atoms with Gasteiger partial charge in [0.2, 0.25) is 5.89 Å². The summed E-state index contributed by atoms with van der Waals surface area (Å²) >= 11 is 0. The van der Waals surface area contributed by atoms with Gasteiger partial charge in [-0.05, 0) is 0 Å². The average molecular weight is 199 g/mol. The van der Waals surface area contributed by atoms with Crippen LogP contribution in [0.1, 0.15) is 12.3 Å². The monoisotopic (exact) mass is 199 g/mol. The number of hydrogen-bond donors (Lipinski definition) is 0. The molecule has 1 heterocycles. The number of nitroso groups, excluding NO2 is 1. The molecule has 0 bridgehead atoms. The van der Waals surface area contributed by atoms with Gasteiger partial charge in [0.15, 0.2) is 6.33 Å². The number of carbonyl (C=O) groups is 1. The Morgan fingerprint density at radius 3 is 3.14 bits per heavy atom. The number of hydrogen-bond acceptors (Lipinski definition) is 7. The van der Waals surface area contributed by atoms with Crippen LogP contribution in [0.4, 0.5) is 0 Å². The largest absolute Gasteiger partial charge is 0.465 e. The van der Waals surface area contributed by atoms with Gasteiger partial charge in [-0.2, -0.15) is 9.89 Å². The number of aromatic nitrogens is 2. The van der Waals surface area contributed by atoms with Gasteiger partial charge in [0.1, 0.15) is 6.61 Å². The van der Waals surface area contributed by atoms with E-state index in [0.29, 0.717) is 12.3 Å². The maximum absolute atomic E-state index is 10.8. The second-order valence-corrected chi connectivity index (χ2v) is 2.41. The van der Waals surface area contributed by atoms with Crippen LogP contribution in [0.3, 0.4) is 0 Å². The molecule has 0 N–H and O–H groups in total. The van der Waals surface area contributed by atoms with E-state index < -0.39 is 5.97 Å². The van der Waals surface area contributed by atoms with Crippen LogP contribution in [-0.2, 0) is 16.0 Å². The topological polar surface area (TPSA) is 94.7 Å². The van der Waals surface area contributed by atoms with Gasteiger partial charge >= 0.3 is 5.97 Å². The van der Waals surface area contributed by atoms with Crippen molar-refractivity contribution < 1.29 is 14.1 Å². The summed E-state index contributed by atoms with van der Waals surface area (Å²) in [7, 11) is 0. The molecule has 0 aliphatic rings. The van der Waals surface area contributed by atoms with Gasteiger partial charge in [-0.1, -0.05) is 10.3 Å². The normalized spacial score (nSPS) is 9.71. The molecule has 0 aliphatic carbocycles. The van der Waals surface area contributed by atoms with Crippen molar-refractivity contribution >= 4 is 5.97 Å². The Morgan fingerprint density at radius 1 is 1.64 bits per heavy atom. The molecule has 0 aliphatic heterocycles. The van der Waals surface area contributed by atoms with Crippen LogP contribution >= 0.6 is 0 Å². The lowest BCUT2D eigenvalue weighted by Gasteiger charge is -1.99. The zero-order valence-corrected chi connectivity index (χ0v) is 7.38. The molecule has 0 aromatic carbocycles. The van der Waals surface area contributed by atoms with E-state index in [1.165, 1.54) is 6.33 Å². The Bertz CT molecular complexity index is 285. The first-order valence-electron chi connectivity index (χ1n) is 4.03. The maximum atomic E-state index is 10.8. The SMILES string of the molecule is O=NCCC(=O)OCCc1ncno1. The molecule has 0 atom stereocenters. The lowest BCUT2D eigenvalue weighted by atomic mass is 10.4. The van der Waals surface area contributed by atoms with Gasteiger partial charge in [-0.15, -0.1) is 0 Å². The third kappa shape index (κ3) is 3.74. The molecular formula is C7H9N3O4. The summed E-state index contributed by atoms with van der Waals surface area (Å²) < 4.78 is 9.43. The highest BCUT2D eigenvalue weighted by Gasteiger charge is 2.04. The minimum atomic E-state index is -0.455. The molecule has 7 heteroatoms. The predicted octanol–water partition coefficient (Wildman–Crippen LogP) is 0.312. The standard InChI is InChI=1S/C7H9N3O4/c11-7(1-3-9-12)13-4-2-6-8-5-10-14-6/h5H,1-4H2. The third-order valence-corrected chi connectivity index (χ3v) is 1.39. The molecule has 0 radical (unpaired) electrons. The molecule has 0 spiro atoms. The highest BCUT2D eigenvalue weighted by Crippen LogP contribution is 1.94. The molecule has 14 heavy (non-hydrogen) atoms. The molecule has 7 nitrogen and oxygen atoms in total. The van der Waals surface area contributed by atoms with Crippen LogP contribution in [0.5, 0.6) is 0 Å². The summed E-state index contributed by atoms with van der Waals surface area (Å²) in [5.41, 5.74) is 0. The van der Waals surface area contributed by atoms with Crippen LogP contribution in [0.15, 0.2) is 16.0 Å². The van der Waals surface area contributed by atoms with Crippen molar-refractivity contribution in [2.45, 2.75) is 12.8 Å². The summed E-state index contributed by atoms with van der Waals surface area (Å²) in [4.78, 5) is 24.3. The van der Waals surface area contributed by atoms with E-state index in [2.05, 4.69) is 19.8 Å². The predicted molar refractivity (Wildman–Crippen MR) is 44.2 cm³/mol. The molecular weight excluding hydrogens is 190 g/mol. The molecule has 1 aromatic rings. The Kier molecular flexibility index (Phi) is 4.25. The molecule has 1 aromatic heterocycles. The van der Waals surface area contributed by atoms with E-state index in [-0.39, 0.29) is 19.6 Å². The Morgan fingerprint density at radius 2 is 2.50 bits per heavy atom. The third-order valence-electron chi connectivity index (χ3n) is 1.39. The highest BCUT2D eigenvalue weighted by atomic mass is 16.5. The zero-order chi connectivity index (χ0) is 10.2. The van der Waals surface area contributed by atoms with Crippen LogP contribution in [0.2, 0.25) is 0 Å². The van der Waals surface area contributed by atoms with E-state index in [0.717, 1.165) is 0 Å². The van der Waals surface area contributed by atoms with E-state index >= 15 is 0 Å². The first-order valence-corrected chi connectivity index (χ1v) is 4.03. The summed E-state index contributed by atoms with van der Waals surface area (Å²) in [5.74, 6) is -0.0459. The zero-order valence-electron chi connectivity index (χ0n) is 7.38. The van der Waals surface area contributed by atoms with E-state index in [1.807, 2.05) is 0 Å². The Labute approximate surface area is 79.4 Å². The average Bonchev–Trinajstić information content (AvgIpc) is 2.67. The molecule has 0 unspecified atom stereocenters. The summed E-state index contributed by atoms with van der Waals surface area (Å²) in [6.45, 7) is 0.110. The van der Waals surface area contributed by atoms with Crippen molar-refractivity contribution in [3.63, 3.8) is 0 Å². The second-order valence-electron chi connectivity index (χ2n) is 2.41. The fraction of sp³-hybridized carbons (Fsp3) is 0.571. The van der Waals surface area contributed by atoms with Crippen molar-refractivity contribution in [1.29, 1.82) is 0 Å². The van der Waals surface area contributed by atoms with E-state index in [4.69, 9.17) is 4.74 Å². The summed E-state index contributed by atoms with van der Waals surface area (Å²) in [5, 5.41) is 5.93. The van der Waals surface area contributed by atoms with Gasteiger partial charge in [0, 0.05) is 0 Å². The van der Waals surface area contributed by atoms with Gasteiger partial charge in [0.05, 0.1) is 19.4 Å². The molecule has 0 saturated carbocycles. The van der Waals surface area contributed by atoms with Crippen molar-refractivity contribution in [1.82, 2.24) is 10.1 Å². The first kappa shape index (κ1) is 10.3. The first-order chi connectivity index (χ1) is 6.83. The van der Waals surface area contributed by atoms with Gasteiger partial charge in [-0.25, -0.2) is 0 Å². The Balaban J connectivity index is 2.09. The van der Waals surface area contributed by atoms with Gasteiger partial charge < -0.3 is 9.26 Å². The van der Waals surface area contributed by atoms with Crippen molar-refractivity contribution in [3.8, 4) is 0 Å². The Hall–Kier alpha value is -1.79. The maximum Gasteiger partial charge on any atom is 0.307 e.